The summed E-state index contributed by atoms with van der Waals surface area (Å²) in [5.74, 6) is 0. The predicted octanol–water partition coefficient (Wildman–Crippen LogP) is -1.22. The van der Waals surface area contributed by atoms with E-state index in [1.54, 1.807) is 12.3 Å². The summed E-state index contributed by atoms with van der Waals surface area (Å²) in [6.45, 7) is 3.47. The fourth-order valence-corrected chi connectivity index (χ4v) is 1.41. The molecule has 0 aromatic carbocycles. The second-order valence-electron chi connectivity index (χ2n) is 2.96. The van der Waals surface area contributed by atoms with Gasteiger partial charge in [0.25, 0.3) is 5.56 Å². The van der Waals surface area contributed by atoms with Crippen LogP contribution in [0.3, 0.4) is 0 Å². The van der Waals surface area contributed by atoms with Crippen LogP contribution in [0.5, 0.6) is 0 Å². The zero-order chi connectivity index (χ0) is 9.10. The van der Waals surface area contributed by atoms with E-state index < -0.39 is 0 Å². The molecule has 2 rings (SSSR count). The third-order valence-corrected chi connectivity index (χ3v) is 2.06. The summed E-state index contributed by atoms with van der Waals surface area (Å²) in [5.41, 5.74) is -0.0654. The maximum Gasteiger partial charge on any atom is 0.286 e. The third kappa shape index (κ3) is 1.70. The van der Waals surface area contributed by atoms with Crippen LogP contribution in [0.25, 0.3) is 0 Å². The quantitative estimate of drug-likeness (QED) is 0.589. The van der Waals surface area contributed by atoms with Crippen LogP contribution in [0.15, 0.2) is 23.1 Å². The predicted molar refractivity (Wildman–Crippen MR) is 49.3 cm³/mol. The topological polar surface area (TPSA) is 50.2 Å². The first-order chi connectivity index (χ1) is 6.38. The lowest BCUT2D eigenvalue weighted by Gasteiger charge is -2.28. The number of nitrogens with zero attached hydrogens (tertiary/aromatic N) is 3. The Balaban J connectivity index is 2.24. The van der Waals surface area contributed by atoms with Crippen molar-refractivity contribution in [3.05, 3.63) is 28.7 Å². The van der Waals surface area contributed by atoms with Crippen molar-refractivity contribution in [2.45, 2.75) is 0 Å². The van der Waals surface area contributed by atoms with Gasteiger partial charge in [-0.2, -0.15) is 5.10 Å². The zero-order valence-corrected chi connectivity index (χ0v) is 7.31. The van der Waals surface area contributed by atoms with Crippen LogP contribution < -0.4 is 15.9 Å². The van der Waals surface area contributed by atoms with Crippen LogP contribution in [-0.2, 0) is 0 Å². The van der Waals surface area contributed by atoms with Gasteiger partial charge in [0.15, 0.2) is 0 Å². The smallest absolute Gasteiger partial charge is 0.286 e. The van der Waals surface area contributed by atoms with Gasteiger partial charge < -0.3 is 5.32 Å². The van der Waals surface area contributed by atoms with E-state index >= 15 is 0 Å². The van der Waals surface area contributed by atoms with Gasteiger partial charge in [-0.3, -0.25) is 9.80 Å². The standard InChI is InChI=1S/C8H12N4O/c13-8-2-1-3-10-12(8)11-6-4-9-5-7-11/h1-3,9H,4-7H2. The first kappa shape index (κ1) is 8.25. The molecule has 0 saturated carbocycles. The Morgan fingerprint density at radius 1 is 1.38 bits per heavy atom. The fraction of sp³-hybridized carbons (Fsp3) is 0.500. The normalized spacial score (nSPS) is 17.4. The molecule has 13 heavy (non-hydrogen) atoms. The highest BCUT2D eigenvalue weighted by molar-refractivity contribution is 4.93. The summed E-state index contributed by atoms with van der Waals surface area (Å²) in [6.07, 6.45) is 1.63. The Morgan fingerprint density at radius 2 is 2.15 bits per heavy atom. The molecule has 1 N–H and O–H groups in total. The van der Waals surface area contributed by atoms with Crippen LogP contribution in [0.4, 0.5) is 0 Å². The van der Waals surface area contributed by atoms with E-state index in [1.807, 2.05) is 5.01 Å². The minimum atomic E-state index is -0.0654. The van der Waals surface area contributed by atoms with E-state index in [9.17, 15) is 4.79 Å². The number of aromatic nitrogens is 2. The van der Waals surface area contributed by atoms with E-state index in [4.69, 9.17) is 0 Å². The molecule has 0 amide bonds. The van der Waals surface area contributed by atoms with Gasteiger partial charge in [0.1, 0.15) is 0 Å². The van der Waals surface area contributed by atoms with Gasteiger partial charge in [0, 0.05) is 38.4 Å². The summed E-state index contributed by atoms with van der Waals surface area (Å²) in [7, 11) is 0. The lowest BCUT2D eigenvalue weighted by atomic mass is 10.4. The van der Waals surface area contributed by atoms with E-state index in [1.165, 1.54) is 10.9 Å². The van der Waals surface area contributed by atoms with Crippen LogP contribution in [0.1, 0.15) is 0 Å². The molecule has 0 atom stereocenters. The maximum atomic E-state index is 11.4. The molecule has 0 aliphatic carbocycles. The van der Waals surface area contributed by atoms with Gasteiger partial charge in [0.05, 0.1) is 0 Å². The number of hydrogen-bond donors (Lipinski definition) is 1. The van der Waals surface area contributed by atoms with Crippen LogP contribution in [-0.4, -0.2) is 36.1 Å². The Bertz CT molecular complexity index is 329. The van der Waals surface area contributed by atoms with E-state index in [-0.39, 0.29) is 5.56 Å². The third-order valence-electron chi connectivity index (χ3n) is 2.06. The molecule has 1 aromatic heterocycles. The van der Waals surface area contributed by atoms with Gasteiger partial charge in [-0.05, 0) is 6.07 Å². The van der Waals surface area contributed by atoms with E-state index in [0.29, 0.717) is 0 Å². The van der Waals surface area contributed by atoms with Crippen molar-refractivity contribution in [3.63, 3.8) is 0 Å². The monoisotopic (exact) mass is 180 g/mol. The average molecular weight is 180 g/mol. The van der Waals surface area contributed by atoms with Crippen LogP contribution >= 0.6 is 0 Å². The number of rotatable bonds is 1. The summed E-state index contributed by atoms with van der Waals surface area (Å²) in [6, 6.07) is 3.18. The van der Waals surface area contributed by atoms with Crippen molar-refractivity contribution in [2.75, 3.05) is 31.2 Å². The Hall–Kier alpha value is -1.36. The molecule has 5 heteroatoms. The molecular formula is C8H12N4O. The first-order valence-electron chi connectivity index (χ1n) is 4.38. The number of hydrogen-bond acceptors (Lipinski definition) is 4. The van der Waals surface area contributed by atoms with E-state index in [0.717, 1.165) is 26.2 Å². The zero-order valence-electron chi connectivity index (χ0n) is 7.31. The summed E-state index contributed by atoms with van der Waals surface area (Å²) in [5, 5.41) is 9.17. The highest BCUT2D eigenvalue weighted by atomic mass is 16.1. The van der Waals surface area contributed by atoms with Gasteiger partial charge >= 0.3 is 0 Å². The minimum absolute atomic E-state index is 0.0654. The number of nitrogens with one attached hydrogen (secondary N) is 1. The van der Waals surface area contributed by atoms with Crippen molar-refractivity contribution in [3.8, 4) is 0 Å². The summed E-state index contributed by atoms with van der Waals surface area (Å²) >= 11 is 0. The molecule has 1 saturated heterocycles. The van der Waals surface area contributed by atoms with Crippen molar-refractivity contribution < 1.29 is 0 Å². The molecule has 2 heterocycles. The second-order valence-corrected chi connectivity index (χ2v) is 2.96. The Labute approximate surface area is 75.9 Å². The van der Waals surface area contributed by atoms with Crippen LogP contribution in [0.2, 0.25) is 0 Å². The number of piperazine rings is 1. The molecule has 0 bridgehead atoms. The van der Waals surface area contributed by atoms with Crippen molar-refractivity contribution in [1.82, 2.24) is 15.2 Å². The lowest BCUT2D eigenvalue weighted by molar-refractivity contribution is 0.445. The van der Waals surface area contributed by atoms with Crippen LogP contribution in [0, 0.1) is 0 Å². The highest BCUT2D eigenvalue weighted by Crippen LogP contribution is 1.87. The Kier molecular flexibility index (Phi) is 2.27. The Morgan fingerprint density at radius 3 is 2.85 bits per heavy atom. The fourth-order valence-electron chi connectivity index (χ4n) is 1.41. The van der Waals surface area contributed by atoms with Gasteiger partial charge in [-0.15, -0.1) is 4.79 Å². The molecule has 0 unspecified atom stereocenters. The summed E-state index contributed by atoms with van der Waals surface area (Å²) < 4.78 is 0. The van der Waals surface area contributed by atoms with Gasteiger partial charge in [0.2, 0.25) is 0 Å². The molecular weight excluding hydrogens is 168 g/mol. The minimum Gasteiger partial charge on any atom is -0.313 e. The molecule has 5 nitrogen and oxygen atoms in total. The van der Waals surface area contributed by atoms with E-state index in [2.05, 4.69) is 10.4 Å². The highest BCUT2D eigenvalue weighted by Gasteiger charge is 2.10. The molecule has 0 spiro atoms. The first-order valence-corrected chi connectivity index (χ1v) is 4.38. The lowest BCUT2D eigenvalue weighted by Crippen LogP contribution is -2.53. The average Bonchev–Trinajstić information content (AvgIpc) is 2.20. The van der Waals surface area contributed by atoms with Crippen molar-refractivity contribution >= 4 is 0 Å². The molecule has 70 valence electrons. The van der Waals surface area contributed by atoms with Gasteiger partial charge in [-0.25, -0.2) is 0 Å². The van der Waals surface area contributed by atoms with Crippen molar-refractivity contribution in [1.29, 1.82) is 0 Å². The molecule has 1 aliphatic rings. The largest absolute Gasteiger partial charge is 0.313 e. The van der Waals surface area contributed by atoms with Gasteiger partial charge in [-0.1, -0.05) is 0 Å². The molecule has 1 fully saturated rings. The molecule has 1 aromatic rings. The SMILES string of the molecule is O=c1cccnn1N1CCNCC1. The second kappa shape index (κ2) is 3.57. The molecule has 0 radical (unpaired) electrons. The van der Waals surface area contributed by atoms with Crippen molar-refractivity contribution in [2.24, 2.45) is 0 Å². The molecule has 1 aliphatic heterocycles. The maximum absolute atomic E-state index is 11.4. The summed E-state index contributed by atoms with van der Waals surface area (Å²) in [4.78, 5) is 12.8.